The summed E-state index contributed by atoms with van der Waals surface area (Å²) >= 11 is 0. The van der Waals surface area contributed by atoms with Crippen LogP contribution < -0.4 is 5.32 Å². The molecular formula is C13H18N4O. The number of amides is 1. The average Bonchev–Trinajstić information content (AvgIpc) is 2.79. The summed E-state index contributed by atoms with van der Waals surface area (Å²) in [5, 5.41) is 12.2. The summed E-state index contributed by atoms with van der Waals surface area (Å²) in [6.07, 6.45) is 6.65. The monoisotopic (exact) mass is 246 g/mol. The molecule has 1 aliphatic carbocycles. The zero-order valence-electron chi connectivity index (χ0n) is 10.8. The Balaban J connectivity index is 2.07. The number of aryl methyl sites for hydroxylation is 1. The molecule has 2 rings (SSSR count). The molecule has 0 radical (unpaired) electrons. The van der Waals surface area contributed by atoms with Crippen LogP contribution in [0, 0.1) is 17.2 Å². The second kappa shape index (κ2) is 4.81. The third-order valence-corrected chi connectivity index (χ3v) is 3.63. The number of nitrogens with zero attached hydrogens (tertiary/aromatic N) is 3. The van der Waals surface area contributed by atoms with Crippen molar-refractivity contribution in [2.24, 2.45) is 13.0 Å². The van der Waals surface area contributed by atoms with Gasteiger partial charge in [0.2, 0.25) is 0 Å². The molecule has 96 valence electrons. The van der Waals surface area contributed by atoms with E-state index < -0.39 is 5.54 Å². The second-order valence-electron chi connectivity index (χ2n) is 5.25. The van der Waals surface area contributed by atoms with E-state index >= 15 is 0 Å². The van der Waals surface area contributed by atoms with Gasteiger partial charge in [-0.3, -0.25) is 4.79 Å². The highest BCUT2D eigenvalue weighted by atomic mass is 16.2. The quantitative estimate of drug-likeness (QED) is 0.862. The predicted octanol–water partition coefficient (Wildman–Crippen LogP) is 1.62. The lowest BCUT2D eigenvalue weighted by Gasteiger charge is -2.34. The van der Waals surface area contributed by atoms with Gasteiger partial charge in [0.1, 0.15) is 11.2 Å². The Morgan fingerprint density at radius 3 is 2.78 bits per heavy atom. The van der Waals surface area contributed by atoms with Crippen LogP contribution in [0.1, 0.15) is 43.1 Å². The molecule has 5 nitrogen and oxygen atoms in total. The highest BCUT2D eigenvalue weighted by molar-refractivity contribution is 5.92. The Labute approximate surface area is 107 Å². The van der Waals surface area contributed by atoms with Gasteiger partial charge in [-0.1, -0.05) is 6.92 Å². The predicted molar refractivity (Wildman–Crippen MR) is 66.7 cm³/mol. The minimum absolute atomic E-state index is 0.258. The van der Waals surface area contributed by atoms with Gasteiger partial charge in [0.05, 0.1) is 12.4 Å². The van der Waals surface area contributed by atoms with E-state index in [1.165, 1.54) is 0 Å². The third-order valence-electron chi connectivity index (χ3n) is 3.63. The van der Waals surface area contributed by atoms with Gasteiger partial charge in [-0.15, -0.1) is 0 Å². The fourth-order valence-corrected chi connectivity index (χ4v) is 2.33. The van der Waals surface area contributed by atoms with Crippen molar-refractivity contribution in [3.05, 3.63) is 18.2 Å². The van der Waals surface area contributed by atoms with E-state index in [0.29, 0.717) is 11.6 Å². The number of nitriles is 1. The topological polar surface area (TPSA) is 70.7 Å². The van der Waals surface area contributed by atoms with Crippen molar-refractivity contribution in [3.63, 3.8) is 0 Å². The van der Waals surface area contributed by atoms with Crippen LogP contribution in [0.2, 0.25) is 0 Å². The first kappa shape index (κ1) is 12.6. The summed E-state index contributed by atoms with van der Waals surface area (Å²) in [4.78, 5) is 16.0. The fraction of sp³-hybridized carbons (Fsp3) is 0.615. The molecule has 0 spiro atoms. The van der Waals surface area contributed by atoms with E-state index in [1.807, 2.05) is 7.05 Å². The minimum Gasteiger partial charge on any atom is -0.340 e. The van der Waals surface area contributed by atoms with Crippen LogP contribution >= 0.6 is 0 Å². The highest BCUT2D eigenvalue weighted by Crippen LogP contribution is 2.31. The maximum atomic E-state index is 12.0. The number of hydrogen-bond donors (Lipinski definition) is 1. The van der Waals surface area contributed by atoms with Crippen molar-refractivity contribution in [2.75, 3.05) is 0 Å². The SMILES string of the molecule is CC1CCC(C#N)(NC(=O)c2cn(C)cn2)CC1. The van der Waals surface area contributed by atoms with Crippen LogP contribution in [0.3, 0.4) is 0 Å². The molecule has 0 atom stereocenters. The van der Waals surface area contributed by atoms with Crippen molar-refractivity contribution < 1.29 is 4.79 Å². The van der Waals surface area contributed by atoms with Crippen molar-refractivity contribution in [1.82, 2.24) is 14.9 Å². The van der Waals surface area contributed by atoms with Gasteiger partial charge < -0.3 is 9.88 Å². The molecule has 0 aliphatic heterocycles. The lowest BCUT2D eigenvalue weighted by atomic mass is 9.78. The molecule has 1 saturated carbocycles. The zero-order chi connectivity index (χ0) is 13.2. The number of imidazole rings is 1. The zero-order valence-corrected chi connectivity index (χ0v) is 10.8. The number of aromatic nitrogens is 2. The van der Waals surface area contributed by atoms with Gasteiger partial charge in [0.25, 0.3) is 5.91 Å². The summed E-state index contributed by atoms with van der Waals surface area (Å²) in [5.74, 6) is 0.380. The summed E-state index contributed by atoms with van der Waals surface area (Å²) in [5.41, 5.74) is -0.341. The van der Waals surface area contributed by atoms with Crippen LogP contribution in [0.5, 0.6) is 0 Å². The first-order chi connectivity index (χ1) is 8.54. The molecule has 0 saturated heterocycles. The molecule has 0 bridgehead atoms. The standard InChI is InChI=1S/C13H18N4O/c1-10-3-5-13(8-14,6-4-10)16-12(18)11-7-17(2)9-15-11/h7,9-10H,3-6H2,1-2H3,(H,16,18). The first-order valence-electron chi connectivity index (χ1n) is 6.26. The minimum atomic E-state index is -0.707. The van der Waals surface area contributed by atoms with Gasteiger partial charge in [-0.05, 0) is 31.6 Å². The summed E-state index contributed by atoms with van der Waals surface area (Å²) in [7, 11) is 1.81. The molecule has 1 N–H and O–H groups in total. The Bertz CT molecular complexity index is 477. The molecule has 5 heteroatoms. The molecular weight excluding hydrogens is 228 g/mol. The average molecular weight is 246 g/mol. The molecule has 0 unspecified atom stereocenters. The van der Waals surface area contributed by atoms with E-state index in [4.69, 9.17) is 0 Å². The molecule has 1 aromatic heterocycles. The van der Waals surface area contributed by atoms with E-state index in [9.17, 15) is 10.1 Å². The van der Waals surface area contributed by atoms with Crippen molar-refractivity contribution in [2.45, 2.75) is 38.1 Å². The van der Waals surface area contributed by atoms with E-state index in [2.05, 4.69) is 23.3 Å². The highest BCUT2D eigenvalue weighted by Gasteiger charge is 2.36. The molecule has 1 amide bonds. The summed E-state index contributed by atoms with van der Waals surface area (Å²) < 4.78 is 1.72. The molecule has 1 aliphatic rings. The Morgan fingerprint density at radius 1 is 1.61 bits per heavy atom. The maximum Gasteiger partial charge on any atom is 0.272 e. The van der Waals surface area contributed by atoms with Gasteiger partial charge in [-0.25, -0.2) is 4.98 Å². The van der Waals surface area contributed by atoms with Crippen LogP contribution in [0.15, 0.2) is 12.5 Å². The first-order valence-corrected chi connectivity index (χ1v) is 6.26. The second-order valence-corrected chi connectivity index (χ2v) is 5.25. The smallest absolute Gasteiger partial charge is 0.272 e. The molecule has 0 aromatic carbocycles. The van der Waals surface area contributed by atoms with Crippen LogP contribution in [-0.2, 0) is 7.05 Å². The summed E-state index contributed by atoms with van der Waals surface area (Å²) in [6, 6.07) is 2.28. The number of carbonyl (C=O) groups is 1. The molecule has 18 heavy (non-hydrogen) atoms. The van der Waals surface area contributed by atoms with E-state index in [1.54, 1.807) is 17.1 Å². The molecule has 1 aromatic rings. The lowest BCUT2D eigenvalue weighted by molar-refractivity contribution is 0.0889. The molecule has 1 heterocycles. The van der Waals surface area contributed by atoms with E-state index in [0.717, 1.165) is 25.7 Å². The van der Waals surface area contributed by atoms with Crippen LogP contribution in [0.4, 0.5) is 0 Å². The van der Waals surface area contributed by atoms with E-state index in [-0.39, 0.29) is 5.91 Å². The third kappa shape index (κ3) is 2.53. The van der Waals surface area contributed by atoms with Crippen molar-refractivity contribution >= 4 is 5.91 Å². The van der Waals surface area contributed by atoms with Gasteiger partial charge in [-0.2, -0.15) is 5.26 Å². The Kier molecular flexibility index (Phi) is 3.37. The van der Waals surface area contributed by atoms with Gasteiger partial charge in [0.15, 0.2) is 0 Å². The van der Waals surface area contributed by atoms with Gasteiger partial charge in [0, 0.05) is 13.2 Å². The van der Waals surface area contributed by atoms with Gasteiger partial charge >= 0.3 is 0 Å². The number of nitrogens with one attached hydrogen (secondary N) is 1. The molecule has 1 fully saturated rings. The van der Waals surface area contributed by atoms with Crippen molar-refractivity contribution in [3.8, 4) is 6.07 Å². The largest absolute Gasteiger partial charge is 0.340 e. The number of hydrogen-bond acceptors (Lipinski definition) is 3. The summed E-state index contributed by atoms with van der Waals surface area (Å²) in [6.45, 7) is 2.18. The van der Waals surface area contributed by atoms with Crippen molar-refractivity contribution in [1.29, 1.82) is 5.26 Å². The Hall–Kier alpha value is -1.83. The fourth-order valence-electron chi connectivity index (χ4n) is 2.33. The number of rotatable bonds is 2. The normalized spacial score (nSPS) is 27.5. The Morgan fingerprint density at radius 2 is 2.28 bits per heavy atom. The van der Waals surface area contributed by atoms with Crippen LogP contribution in [-0.4, -0.2) is 21.0 Å². The van der Waals surface area contributed by atoms with Crippen LogP contribution in [0.25, 0.3) is 0 Å². The lowest BCUT2D eigenvalue weighted by Crippen LogP contribution is -2.49. The number of carbonyl (C=O) groups excluding carboxylic acids is 1. The maximum absolute atomic E-state index is 12.0.